The van der Waals surface area contributed by atoms with E-state index in [1.54, 1.807) is 32.2 Å². The topological polar surface area (TPSA) is 48.4 Å². The van der Waals surface area contributed by atoms with Crippen molar-refractivity contribution in [2.75, 3.05) is 6.61 Å². The van der Waals surface area contributed by atoms with E-state index in [1.165, 1.54) is 0 Å². The summed E-state index contributed by atoms with van der Waals surface area (Å²) in [6.07, 6.45) is 4.38. The molecule has 0 radical (unpaired) electrons. The highest BCUT2D eigenvalue weighted by molar-refractivity contribution is 5.60. The van der Waals surface area contributed by atoms with Crippen LogP contribution in [0.3, 0.4) is 0 Å². The molecule has 1 heterocycles. The maximum Gasteiger partial charge on any atom is 0.508 e. The van der Waals surface area contributed by atoms with Gasteiger partial charge in [-0.3, -0.25) is 4.98 Å². The number of pyridine rings is 1. The van der Waals surface area contributed by atoms with Crippen LogP contribution in [0, 0.1) is 0 Å². The van der Waals surface area contributed by atoms with Crippen molar-refractivity contribution < 1.29 is 14.3 Å². The molecule has 0 saturated heterocycles. The summed E-state index contributed by atoms with van der Waals surface area (Å²) in [6.45, 7) is 3.72. The van der Waals surface area contributed by atoms with Gasteiger partial charge in [-0.25, -0.2) is 4.79 Å². The van der Waals surface area contributed by atoms with Gasteiger partial charge in [-0.2, -0.15) is 0 Å². The normalized spacial score (nSPS) is 10.7. The maximum absolute atomic E-state index is 11.0. The fraction of sp³-hybridized carbons (Fsp3) is 0.333. The van der Waals surface area contributed by atoms with Crippen molar-refractivity contribution in [3.05, 3.63) is 36.2 Å². The molecule has 1 aromatic rings. The second-order valence-corrected chi connectivity index (χ2v) is 3.38. The van der Waals surface area contributed by atoms with Gasteiger partial charge in [0.2, 0.25) is 0 Å². The summed E-state index contributed by atoms with van der Waals surface area (Å²) in [5, 5.41) is 0. The van der Waals surface area contributed by atoms with Crippen LogP contribution in [0.2, 0.25) is 0 Å². The van der Waals surface area contributed by atoms with E-state index in [1.807, 2.05) is 18.2 Å². The number of hydrogen-bond donors (Lipinski definition) is 0. The predicted molar refractivity (Wildman–Crippen MR) is 60.8 cm³/mol. The third-order valence-electron chi connectivity index (χ3n) is 1.61. The lowest BCUT2D eigenvalue weighted by molar-refractivity contribution is 0.0415. The molecule has 0 saturated carbocycles. The molecule has 1 rings (SSSR count). The van der Waals surface area contributed by atoms with Crippen molar-refractivity contribution in [1.29, 1.82) is 0 Å². The van der Waals surface area contributed by atoms with Gasteiger partial charge in [-0.1, -0.05) is 6.07 Å². The molecule has 0 aliphatic heterocycles. The minimum atomic E-state index is -0.652. The van der Waals surface area contributed by atoms with Crippen LogP contribution in [0.15, 0.2) is 30.5 Å². The third-order valence-corrected chi connectivity index (χ3v) is 1.61. The Morgan fingerprint density at radius 3 is 2.94 bits per heavy atom. The van der Waals surface area contributed by atoms with Crippen LogP contribution in [0.5, 0.6) is 0 Å². The van der Waals surface area contributed by atoms with Gasteiger partial charge in [0.1, 0.15) is 6.61 Å². The Bertz CT molecular complexity index is 347. The highest BCUT2D eigenvalue weighted by Gasteiger charge is 2.03. The van der Waals surface area contributed by atoms with E-state index in [4.69, 9.17) is 9.47 Å². The van der Waals surface area contributed by atoms with Gasteiger partial charge in [0.05, 0.1) is 11.8 Å². The SMILES string of the molecule is CC(C)OC(=O)OC/C=C/c1ccccn1. The number of hydrogen-bond acceptors (Lipinski definition) is 4. The monoisotopic (exact) mass is 221 g/mol. The van der Waals surface area contributed by atoms with E-state index < -0.39 is 6.16 Å². The van der Waals surface area contributed by atoms with Crippen LogP contribution in [0.4, 0.5) is 4.79 Å². The number of carbonyl (C=O) groups excluding carboxylic acids is 1. The zero-order chi connectivity index (χ0) is 11.8. The van der Waals surface area contributed by atoms with E-state index in [0.29, 0.717) is 0 Å². The molecule has 0 amide bonds. The Kier molecular flexibility index (Phi) is 5.05. The quantitative estimate of drug-likeness (QED) is 0.733. The molecule has 0 fully saturated rings. The van der Waals surface area contributed by atoms with Crippen LogP contribution < -0.4 is 0 Å². The van der Waals surface area contributed by atoms with E-state index in [0.717, 1.165) is 5.69 Å². The zero-order valence-corrected chi connectivity index (χ0v) is 9.42. The molecule has 86 valence electrons. The highest BCUT2D eigenvalue weighted by Crippen LogP contribution is 1.97. The van der Waals surface area contributed by atoms with Gasteiger partial charge in [0.15, 0.2) is 0 Å². The maximum atomic E-state index is 11.0. The Balaban J connectivity index is 2.25. The van der Waals surface area contributed by atoms with Crippen molar-refractivity contribution in [2.45, 2.75) is 20.0 Å². The molecule has 0 atom stereocenters. The third kappa shape index (κ3) is 5.14. The molecule has 0 aliphatic carbocycles. The summed E-state index contributed by atoms with van der Waals surface area (Å²) in [6, 6.07) is 5.59. The second-order valence-electron chi connectivity index (χ2n) is 3.38. The molecule has 0 spiro atoms. The molecule has 0 N–H and O–H groups in total. The number of carbonyl (C=O) groups is 1. The smallest absolute Gasteiger partial charge is 0.432 e. The van der Waals surface area contributed by atoms with Crippen LogP contribution in [-0.4, -0.2) is 23.9 Å². The first-order valence-electron chi connectivity index (χ1n) is 5.09. The first kappa shape index (κ1) is 12.2. The van der Waals surface area contributed by atoms with Gasteiger partial charge < -0.3 is 9.47 Å². The van der Waals surface area contributed by atoms with Crippen molar-refractivity contribution >= 4 is 12.2 Å². The summed E-state index contributed by atoms with van der Waals surface area (Å²) >= 11 is 0. The molecule has 0 bridgehead atoms. The van der Waals surface area contributed by atoms with Gasteiger partial charge in [-0.15, -0.1) is 0 Å². The minimum absolute atomic E-state index is 0.160. The summed E-state index contributed by atoms with van der Waals surface area (Å²) < 4.78 is 9.59. The first-order valence-corrected chi connectivity index (χ1v) is 5.09. The highest BCUT2D eigenvalue weighted by atomic mass is 16.7. The van der Waals surface area contributed by atoms with Crippen LogP contribution in [0.25, 0.3) is 6.08 Å². The molecule has 16 heavy (non-hydrogen) atoms. The number of ether oxygens (including phenoxy) is 2. The van der Waals surface area contributed by atoms with Crippen molar-refractivity contribution in [1.82, 2.24) is 4.98 Å². The van der Waals surface area contributed by atoms with Crippen LogP contribution >= 0.6 is 0 Å². The molecule has 4 heteroatoms. The Morgan fingerprint density at radius 2 is 2.31 bits per heavy atom. The van der Waals surface area contributed by atoms with Gasteiger partial charge in [-0.05, 0) is 38.1 Å². The van der Waals surface area contributed by atoms with Crippen molar-refractivity contribution in [2.24, 2.45) is 0 Å². The lowest BCUT2D eigenvalue weighted by Gasteiger charge is -2.06. The Labute approximate surface area is 94.9 Å². The van der Waals surface area contributed by atoms with E-state index in [-0.39, 0.29) is 12.7 Å². The summed E-state index contributed by atoms with van der Waals surface area (Å²) in [7, 11) is 0. The summed E-state index contributed by atoms with van der Waals surface area (Å²) in [5.74, 6) is 0. The van der Waals surface area contributed by atoms with E-state index in [2.05, 4.69) is 4.98 Å². The average Bonchev–Trinajstić information content (AvgIpc) is 2.25. The standard InChI is InChI=1S/C12H15NO3/c1-10(2)16-12(14)15-9-5-7-11-6-3-4-8-13-11/h3-8,10H,9H2,1-2H3/b7-5+. The lowest BCUT2D eigenvalue weighted by atomic mass is 10.3. The Hall–Kier alpha value is -1.84. The van der Waals surface area contributed by atoms with E-state index >= 15 is 0 Å². The summed E-state index contributed by atoms with van der Waals surface area (Å²) in [5.41, 5.74) is 0.823. The molecular weight excluding hydrogens is 206 g/mol. The molecule has 0 aromatic carbocycles. The average molecular weight is 221 g/mol. The fourth-order valence-corrected chi connectivity index (χ4v) is 0.986. The van der Waals surface area contributed by atoms with Crippen molar-refractivity contribution in [3.8, 4) is 0 Å². The van der Waals surface area contributed by atoms with Gasteiger partial charge in [0.25, 0.3) is 0 Å². The number of nitrogens with zero attached hydrogens (tertiary/aromatic N) is 1. The molecule has 4 nitrogen and oxygen atoms in total. The van der Waals surface area contributed by atoms with Crippen molar-refractivity contribution in [3.63, 3.8) is 0 Å². The number of aromatic nitrogens is 1. The molecular formula is C12H15NO3. The predicted octanol–water partition coefficient (Wildman–Crippen LogP) is 2.66. The van der Waals surface area contributed by atoms with Crippen LogP contribution in [0.1, 0.15) is 19.5 Å². The van der Waals surface area contributed by atoms with Gasteiger partial charge >= 0.3 is 6.16 Å². The lowest BCUT2D eigenvalue weighted by Crippen LogP contribution is -2.12. The molecule has 0 unspecified atom stereocenters. The molecule has 0 aliphatic rings. The van der Waals surface area contributed by atoms with Crippen LogP contribution in [-0.2, 0) is 9.47 Å². The zero-order valence-electron chi connectivity index (χ0n) is 9.42. The minimum Gasteiger partial charge on any atom is -0.432 e. The fourth-order valence-electron chi connectivity index (χ4n) is 0.986. The number of rotatable bonds is 4. The second kappa shape index (κ2) is 6.61. The largest absolute Gasteiger partial charge is 0.508 e. The summed E-state index contributed by atoms with van der Waals surface area (Å²) in [4.78, 5) is 15.1. The van der Waals surface area contributed by atoms with E-state index in [9.17, 15) is 4.79 Å². The van der Waals surface area contributed by atoms with Gasteiger partial charge in [0, 0.05) is 6.20 Å². The molecule has 1 aromatic heterocycles. The first-order chi connectivity index (χ1) is 7.68. The Morgan fingerprint density at radius 1 is 1.50 bits per heavy atom.